The van der Waals surface area contributed by atoms with Crippen molar-refractivity contribution in [2.75, 3.05) is 32.8 Å². The molecule has 2 aromatic rings. The molecule has 0 radical (unpaired) electrons. The van der Waals surface area contributed by atoms with Crippen molar-refractivity contribution in [1.29, 1.82) is 0 Å². The first kappa shape index (κ1) is 21.5. The molecule has 0 saturated carbocycles. The SMILES string of the molecule is O=C1CC(COc2cnccn2)CN1CC1CCN(C(=O)c2ccc(F)c(Cl)c2)CC1. The Balaban J connectivity index is 1.23. The number of hydrogen-bond donors (Lipinski definition) is 0. The topological polar surface area (TPSA) is 75.6 Å². The number of rotatable bonds is 6. The van der Waals surface area contributed by atoms with E-state index in [9.17, 15) is 14.0 Å². The smallest absolute Gasteiger partial charge is 0.253 e. The minimum absolute atomic E-state index is 0.0499. The van der Waals surface area contributed by atoms with E-state index in [0.717, 1.165) is 12.8 Å². The van der Waals surface area contributed by atoms with Crippen molar-refractivity contribution in [3.05, 3.63) is 53.2 Å². The summed E-state index contributed by atoms with van der Waals surface area (Å²) < 4.78 is 19.0. The molecular weight excluding hydrogens is 423 g/mol. The van der Waals surface area contributed by atoms with E-state index in [-0.39, 0.29) is 22.8 Å². The molecule has 2 amide bonds. The van der Waals surface area contributed by atoms with Gasteiger partial charge in [-0.3, -0.25) is 14.6 Å². The maximum Gasteiger partial charge on any atom is 0.253 e. The quantitative estimate of drug-likeness (QED) is 0.681. The predicted molar refractivity (Wildman–Crippen MR) is 112 cm³/mol. The van der Waals surface area contributed by atoms with Crippen LogP contribution in [0.25, 0.3) is 0 Å². The number of benzene rings is 1. The second-order valence-corrected chi connectivity index (χ2v) is 8.50. The number of nitrogens with zero attached hydrogens (tertiary/aromatic N) is 4. The van der Waals surface area contributed by atoms with Gasteiger partial charge < -0.3 is 14.5 Å². The zero-order chi connectivity index (χ0) is 21.8. The van der Waals surface area contributed by atoms with E-state index in [1.165, 1.54) is 18.2 Å². The fourth-order valence-electron chi connectivity index (χ4n) is 4.15. The average Bonchev–Trinajstić information content (AvgIpc) is 3.14. The number of piperidine rings is 1. The van der Waals surface area contributed by atoms with Gasteiger partial charge in [0.2, 0.25) is 11.8 Å². The monoisotopic (exact) mass is 446 g/mol. The lowest BCUT2D eigenvalue weighted by Gasteiger charge is -2.34. The van der Waals surface area contributed by atoms with Crippen LogP contribution in [0.2, 0.25) is 5.02 Å². The van der Waals surface area contributed by atoms with Crippen molar-refractivity contribution in [3.63, 3.8) is 0 Å². The summed E-state index contributed by atoms with van der Waals surface area (Å²) in [6, 6.07) is 4.05. The standard InChI is InChI=1S/C22H24ClFN4O3/c23-18-10-17(1-2-19(18)24)22(30)27-7-3-15(4-8-27)12-28-13-16(9-21(28)29)14-31-20-11-25-5-6-26-20/h1-2,5-6,10-11,15-16H,3-4,7-9,12-14H2. The van der Waals surface area contributed by atoms with Gasteiger partial charge in [0, 0.05) is 56.5 Å². The molecule has 7 nitrogen and oxygen atoms in total. The second kappa shape index (κ2) is 9.60. The Morgan fingerprint density at radius 2 is 2.03 bits per heavy atom. The maximum atomic E-state index is 13.3. The third kappa shape index (κ3) is 5.31. The molecule has 31 heavy (non-hydrogen) atoms. The van der Waals surface area contributed by atoms with E-state index >= 15 is 0 Å². The van der Waals surface area contributed by atoms with Gasteiger partial charge in [0.15, 0.2) is 0 Å². The van der Waals surface area contributed by atoms with Crippen LogP contribution in [0.4, 0.5) is 4.39 Å². The summed E-state index contributed by atoms with van der Waals surface area (Å²) in [6.07, 6.45) is 6.84. The highest BCUT2D eigenvalue weighted by atomic mass is 35.5. The van der Waals surface area contributed by atoms with Gasteiger partial charge >= 0.3 is 0 Å². The van der Waals surface area contributed by atoms with Crippen LogP contribution in [-0.4, -0.2) is 64.4 Å². The third-order valence-electron chi connectivity index (χ3n) is 5.85. The van der Waals surface area contributed by atoms with E-state index in [2.05, 4.69) is 9.97 Å². The molecule has 2 saturated heterocycles. The first-order valence-corrected chi connectivity index (χ1v) is 10.8. The van der Waals surface area contributed by atoms with Crippen LogP contribution in [0.1, 0.15) is 29.6 Å². The normalized spacial score (nSPS) is 19.7. The molecule has 0 N–H and O–H groups in total. The van der Waals surface area contributed by atoms with Gasteiger partial charge in [0.25, 0.3) is 5.91 Å². The van der Waals surface area contributed by atoms with Crippen LogP contribution in [-0.2, 0) is 4.79 Å². The summed E-state index contributed by atoms with van der Waals surface area (Å²) in [6.45, 7) is 3.03. The Morgan fingerprint density at radius 1 is 1.23 bits per heavy atom. The van der Waals surface area contributed by atoms with Crippen molar-refractivity contribution in [2.24, 2.45) is 11.8 Å². The molecule has 2 aliphatic heterocycles. The maximum absolute atomic E-state index is 13.3. The number of carbonyl (C=O) groups excluding carboxylic acids is 2. The van der Waals surface area contributed by atoms with Crippen LogP contribution in [0.5, 0.6) is 5.88 Å². The zero-order valence-corrected chi connectivity index (χ0v) is 17.8. The van der Waals surface area contributed by atoms with Crippen molar-refractivity contribution < 1.29 is 18.7 Å². The van der Waals surface area contributed by atoms with Gasteiger partial charge in [-0.15, -0.1) is 0 Å². The molecule has 0 spiro atoms. The second-order valence-electron chi connectivity index (χ2n) is 8.09. The Labute approximate surface area is 185 Å². The van der Waals surface area contributed by atoms with Crippen molar-refractivity contribution >= 4 is 23.4 Å². The number of ether oxygens (including phenoxy) is 1. The van der Waals surface area contributed by atoms with Crippen molar-refractivity contribution in [1.82, 2.24) is 19.8 Å². The highest BCUT2D eigenvalue weighted by Crippen LogP contribution is 2.25. The molecule has 1 atom stereocenters. The van der Waals surface area contributed by atoms with E-state index in [0.29, 0.717) is 56.6 Å². The first-order chi connectivity index (χ1) is 15.0. The molecule has 9 heteroatoms. The highest BCUT2D eigenvalue weighted by molar-refractivity contribution is 6.31. The summed E-state index contributed by atoms with van der Waals surface area (Å²) in [5.41, 5.74) is 0.394. The van der Waals surface area contributed by atoms with Gasteiger partial charge in [0.1, 0.15) is 5.82 Å². The summed E-state index contributed by atoms with van der Waals surface area (Å²) in [5.74, 6) is 0.426. The van der Waals surface area contributed by atoms with Gasteiger partial charge in [-0.2, -0.15) is 0 Å². The van der Waals surface area contributed by atoms with Crippen LogP contribution in [0, 0.1) is 17.7 Å². The van der Waals surface area contributed by atoms with Crippen molar-refractivity contribution in [2.45, 2.75) is 19.3 Å². The van der Waals surface area contributed by atoms with Crippen molar-refractivity contribution in [3.8, 4) is 5.88 Å². The number of carbonyl (C=O) groups is 2. The van der Waals surface area contributed by atoms with Crippen LogP contribution < -0.4 is 4.74 Å². The number of halogens is 2. The molecule has 2 fully saturated rings. The lowest BCUT2D eigenvalue weighted by Crippen LogP contribution is -2.42. The van der Waals surface area contributed by atoms with Crippen LogP contribution >= 0.6 is 11.6 Å². The van der Waals surface area contributed by atoms with E-state index in [1.807, 2.05) is 4.90 Å². The minimum Gasteiger partial charge on any atom is -0.476 e. The third-order valence-corrected chi connectivity index (χ3v) is 6.14. The number of likely N-dealkylation sites (tertiary alicyclic amines) is 2. The van der Waals surface area contributed by atoms with Gasteiger partial charge in [-0.05, 0) is 37.0 Å². The lowest BCUT2D eigenvalue weighted by atomic mass is 9.95. The lowest BCUT2D eigenvalue weighted by molar-refractivity contribution is -0.128. The molecule has 0 bridgehead atoms. The summed E-state index contributed by atoms with van der Waals surface area (Å²) in [5, 5.41) is -0.0499. The molecule has 1 aromatic heterocycles. The molecule has 1 unspecified atom stereocenters. The van der Waals surface area contributed by atoms with E-state index < -0.39 is 5.82 Å². The van der Waals surface area contributed by atoms with Crippen LogP contribution in [0.15, 0.2) is 36.8 Å². The molecular formula is C22H24ClFN4O3. The summed E-state index contributed by atoms with van der Waals surface area (Å²) >= 11 is 5.80. The first-order valence-electron chi connectivity index (χ1n) is 10.4. The Morgan fingerprint density at radius 3 is 2.74 bits per heavy atom. The number of hydrogen-bond acceptors (Lipinski definition) is 5. The molecule has 3 heterocycles. The zero-order valence-electron chi connectivity index (χ0n) is 17.0. The predicted octanol–water partition coefficient (Wildman–Crippen LogP) is 3.05. The molecule has 1 aromatic carbocycles. The fraction of sp³-hybridized carbons (Fsp3) is 0.455. The van der Waals surface area contributed by atoms with Gasteiger partial charge in [-0.1, -0.05) is 11.6 Å². The minimum atomic E-state index is -0.535. The molecule has 0 aliphatic carbocycles. The largest absolute Gasteiger partial charge is 0.476 e. The number of aromatic nitrogens is 2. The Bertz CT molecular complexity index is 938. The highest BCUT2D eigenvalue weighted by Gasteiger charge is 2.33. The van der Waals surface area contributed by atoms with E-state index in [4.69, 9.17) is 16.3 Å². The molecule has 164 valence electrons. The van der Waals surface area contributed by atoms with E-state index in [1.54, 1.807) is 23.5 Å². The molecule has 4 rings (SSSR count). The Hall–Kier alpha value is -2.74. The average molecular weight is 447 g/mol. The summed E-state index contributed by atoms with van der Waals surface area (Å²) in [4.78, 5) is 36.8. The van der Waals surface area contributed by atoms with Gasteiger partial charge in [-0.25, -0.2) is 9.37 Å². The van der Waals surface area contributed by atoms with Crippen LogP contribution in [0.3, 0.4) is 0 Å². The van der Waals surface area contributed by atoms with Gasteiger partial charge in [0.05, 0.1) is 17.8 Å². The summed E-state index contributed by atoms with van der Waals surface area (Å²) in [7, 11) is 0. The Kier molecular flexibility index (Phi) is 6.65. The fourth-order valence-corrected chi connectivity index (χ4v) is 4.33. The number of amides is 2. The molecule has 2 aliphatic rings.